The van der Waals surface area contributed by atoms with Crippen molar-refractivity contribution < 1.29 is 0 Å². The lowest BCUT2D eigenvalue weighted by molar-refractivity contribution is 0.271. The van der Waals surface area contributed by atoms with Crippen LogP contribution in [0.25, 0.3) is 5.70 Å². The molecule has 1 aliphatic heterocycles. The Labute approximate surface area is 139 Å². The molecule has 4 N–H and O–H groups in total. The first-order valence-electron chi connectivity index (χ1n) is 8.80. The Balaban J connectivity index is 1.92. The van der Waals surface area contributed by atoms with E-state index >= 15 is 0 Å². The van der Waals surface area contributed by atoms with Crippen molar-refractivity contribution in [2.75, 3.05) is 0 Å². The summed E-state index contributed by atoms with van der Waals surface area (Å²) in [6, 6.07) is 4.45. The molecule has 1 aliphatic carbocycles. The number of dihydropyridines is 1. The Bertz CT molecular complexity index is 587. The topological polar surface area (TPSA) is 63.0 Å². The van der Waals surface area contributed by atoms with Gasteiger partial charge in [0.2, 0.25) is 0 Å². The largest absolute Gasteiger partial charge is 0.383 e. The number of nitrogens with zero attached hydrogens (tertiary/aromatic N) is 1. The number of hydrogen-bond donors (Lipinski definition) is 3. The van der Waals surface area contributed by atoms with Gasteiger partial charge in [-0.05, 0) is 50.5 Å². The van der Waals surface area contributed by atoms with Crippen molar-refractivity contribution in [1.82, 2.24) is 15.6 Å². The Kier molecular flexibility index (Phi) is 4.71. The zero-order chi connectivity index (χ0) is 16.3. The molecular weight excluding hydrogens is 284 g/mol. The maximum absolute atomic E-state index is 6.94. The van der Waals surface area contributed by atoms with Gasteiger partial charge in [0.1, 0.15) is 5.66 Å². The molecule has 0 spiro atoms. The number of pyridine rings is 1. The van der Waals surface area contributed by atoms with Crippen molar-refractivity contribution in [2.24, 2.45) is 11.7 Å². The first kappa shape index (κ1) is 16.1. The second-order valence-electron chi connectivity index (χ2n) is 6.83. The Morgan fingerprint density at radius 1 is 1.39 bits per heavy atom. The standard InChI is InChI=1S/C19H28N4/c1-3-14(2)22-18-11-10-17(15-7-6-12-21-13-15)23-19(18,20)16-8-4-5-9-16/h6-7,10-14,16,22-23H,3-5,8-9,20H2,1-2H3. The predicted octanol–water partition coefficient (Wildman–Crippen LogP) is 3.14. The highest BCUT2D eigenvalue weighted by atomic mass is 15.2. The van der Waals surface area contributed by atoms with Crippen LogP contribution in [-0.2, 0) is 0 Å². The van der Waals surface area contributed by atoms with Gasteiger partial charge in [0.25, 0.3) is 0 Å². The number of nitrogens with two attached hydrogens (primary N) is 1. The molecule has 4 heteroatoms. The number of allylic oxidation sites excluding steroid dienone is 2. The second-order valence-corrected chi connectivity index (χ2v) is 6.83. The minimum atomic E-state index is -0.514. The van der Waals surface area contributed by atoms with Crippen LogP contribution in [0.3, 0.4) is 0 Å². The summed E-state index contributed by atoms with van der Waals surface area (Å²) in [6.07, 6.45) is 13.9. The van der Waals surface area contributed by atoms with E-state index in [1.807, 2.05) is 12.3 Å². The minimum Gasteiger partial charge on any atom is -0.383 e. The number of aromatic nitrogens is 1. The van der Waals surface area contributed by atoms with Gasteiger partial charge in [-0.15, -0.1) is 0 Å². The van der Waals surface area contributed by atoms with Gasteiger partial charge < -0.3 is 16.4 Å². The van der Waals surface area contributed by atoms with E-state index in [2.05, 4.69) is 47.7 Å². The van der Waals surface area contributed by atoms with Crippen molar-refractivity contribution in [2.45, 2.75) is 57.7 Å². The van der Waals surface area contributed by atoms with Crippen LogP contribution in [0.15, 0.2) is 42.4 Å². The van der Waals surface area contributed by atoms with Crippen LogP contribution in [0.4, 0.5) is 0 Å². The van der Waals surface area contributed by atoms with Crippen LogP contribution in [0.2, 0.25) is 0 Å². The van der Waals surface area contributed by atoms with Crippen molar-refractivity contribution in [1.29, 1.82) is 0 Å². The van der Waals surface area contributed by atoms with E-state index in [1.165, 1.54) is 25.7 Å². The number of nitrogens with one attached hydrogen (secondary N) is 2. The molecular formula is C19H28N4. The smallest absolute Gasteiger partial charge is 0.130 e. The summed E-state index contributed by atoms with van der Waals surface area (Å²) in [6.45, 7) is 4.40. The van der Waals surface area contributed by atoms with Gasteiger partial charge in [0.15, 0.2) is 0 Å². The van der Waals surface area contributed by atoms with E-state index in [1.54, 1.807) is 6.20 Å². The van der Waals surface area contributed by atoms with Crippen molar-refractivity contribution in [3.63, 3.8) is 0 Å². The molecule has 0 amide bonds. The number of hydrogen-bond acceptors (Lipinski definition) is 4. The summed E-state index contributed by atoms with van der Waals surface area (Å²) >= 11 is 0. The van der Waals surface area contributed by atoms with Crippen LogP contribution >= 0.6 is 0 Å². The first-order chi connectivity index (χ1) is 11.1. The Morgan fingerprint density at radius 2 is 2.17 bits per heavy atom. The van der Waals surface area contributed by atoms with Crippen molar-refractivity contribution in [3.8, 4) is 0 Å². The average molecular weight is 312 g/mol. The molecule has 4 nitrogen and oxygen atoms in total. The third-order valence-electron chi connectivity index (χ3n) is 5.19. The van der Waals surface area contributed by atoms with Gasteiger partial charge in [0.05, 0.1) is 5.70 Å². The molecule has 2 unspecified atom stereocenters. The molecule has 0 radical (unpaired) electrons. The van der Waals surface area contributed by atoms with E-state index < -0.39 is 5.66 Å². The van der Waals surface area contributed by atoms with E-state index in [0.717, 1.165) is 23.4 Å². The quantitative estimate of drug-likeness (QED) is 0.781. The molecule has 2 heterocycles. The number of rotatable bonds is 5. The summed E-state index contributed by atoms with van der Waals surface area (Å²) in [7, 11) is 0. The predicted molar refractivity (Wildman–Crippen MR) is 95.2 cm³/mol. The van der Waals surface area contributed by atoms with Gasteiger partial charge in [0, 0.05) is 35.6 Å². The zero-order valence-corrected chi connectivity index (χ0v) is 14.2. The van der Waals surface area contributed by atoms with Gasteiger partial charge in [-0.1, -0.05) is 19.8 Å². The highest BCUT2D eigenvalue weighted by Gasteiger charge is 2.42. The fourth-order valence-corrected chi connectivity index (χ4v) is 3.57. The summed E-state index contributed by atoms with van der Waals surface area (Å²) in [4.78, 5) is 4.23. The summed E-state index contributed by atoms with van der Waals surface area (Å²) in [5, 5.41) is 7.26. The Hall–Kier alpha value is -1.81. The van der Waals surface area contributed by atoms with Crippen LogP contribution in [0, 0.1) is 5.92 Å². The molecule has 2 aliphatic rings. The van der Waals surface area contributed by atoms with E-state index in [9.17, 15) is 0 Å². The second kappa shape index (κ2) is 6.75. The minimum absolute atomic E-state index is 0.417. The lowest BCUT2D eigenvalue weighted by atomic mass is 9.85. The first-order valence-corrected chi connectivity index (χ1v) is 8.80. The molecule has 0 bridgehead atoms. The summed E-state index contributed by atoms with van der Waals surface area (Å²) < 4.78 is 0. The van der Waals surface area contributed by atoms with Gasteiger partial charge >= 0.3 is 0 Å². The summed E-state index contributed by atoms with van der Waals surface area (Å²) in [5.74, 6) is 0.464. The average Bonchev–Trinajstić information content (AvgIpc) is 3.12. The van der Waals surface area contributed by atoms with Crippen LogP contribution in [-0.4, -0.2) is 16.7 Å². The molecule has 1 aromatic rings. The molecule has 2 atom stereocenters. The third-order valence-corrected chi connectivity index (χ3v) is 5.19. The molecule has 23 heavy (non-hydrogen) atoms. The molecule has 0 aromatic carbocycles. The van der Waals surface area contributed by atoms with Crippen LogP contribution in [0.1, 0.15) is 51.5 Å². The molecule has 1 saturated carbocycles. The molecule has 0 saturated heterocycles. The van der Waals surface area contributed by atoms with Crippen LogP contribution in [0.5, 0.6) is 0 Å². The molecule has 1 fully saturated rings. The van der Waals surface area contributed by atoms with Gasteiger partial charge in [-0.3, -0.25) is 4.98 Å². The fourth-order valence-electron chi connectivity index (χ4n) is 3.57. The lowest BCUT2D eigenvalue weighted by Crippen LogP contribution is -2.63. The van der Waals surface area contributed by atoms with Crippen molar-refractivity contribution >= 4 is 5.70 Å². The summed E-state index contributed by atoms with van der Waals surface area (Å²) in [5.41, 5.74) is 9.68. The zero-order valence-electron chi connectivity index (χ0n) is 14.2. The van der Waals surface area contributed by atoms with Crippen molar-refractivity contribution in [3.05, 3.63) is 47.9 Å². The maximum Gasteiger partial charge on any atom is 0.130 e. The van der Waals surface area contributed by atoms with Crippen LogP contribution < -0.4 is 16.4 Å². The highest BCUT2D eigenvalue weighted by Crippen LogP contribution is 2.37. The van der Waals surface area contributed by atoms with E-state index in [-0.39, 0.29) is 0 Å². The highest BCUT2D eigenvalue weighted by molar-refractivity contribution is 5.68. The lowest BCUT2D eigenvalue weighted by Gasteiger charge is -2.43. The SMILES string of the molecule is CCC(C)NC1=CC=C(c2cccnc2)NC1(N)C1CCCC1. The molecule has 1 aromatic heterocycles. The maximum atomic E-state index is 6.94. The monoisotopic (exact) mass is 312 g/mol. The fraction of sp³-hybridized carbons (Fsp3) is 0.526. The Morgan fingerprint density at radius 3 is 2.83 bits per heavy atom. The molecule has 3 rings (SSSR count). The van der Waals surface area contributed by atoms with Gasteiger partial charge in [-0.25, -0.2) is 0 Å². The van der Waals surface area contributed by atoms with E-state index in [0.29, 0.717) is 12.0 Å². The van der Waals surface area contributed by atoms with Gasteiger partial charge in [-0.2, -0.15) is 0 Å². The third kappa shape index (κ3) is 3.27. The normalized spacial score (nSPS) is 26.2. The molecule has 124 valence electrons. The van der Waals surface area contributed by atoms with E-state index in [4.69, 9.17) is 5.73 Å².